The normalized spacial score (nSPS) is 11.6. The Morgan fingerprint density at radius 2 is 2.09 bits per heavy atom. The lowest BCUT2D eigenvalue weighted by molar-refractivity contribution is 1.10. The van der Waals surface area contributed by atoms with E-state index in [-0.39, 0.29) is 0 Å². The second-order valence-electron chi connectivity index (χ2n) is 2.26. The minimum atomic E-state index is 1.04. The first-order chi connectivity index (χ1) is 5.22. The summed E-state index contributed by atoms with van der Waals surface area (Å²) >= 11 is 0. The molecule has 1 N–H and O–H groups in total. The number of allylic oxidation sites excluding steroid dienone is 5. The Hall–Kier alpha value is -1.24. The van der Waals surface area contributed by atoms with Crippen molar-refractivity contribution in [3.05, 3.63) is 48.7 Å². The van der Waals surface area contributed by atoms with Gasteiger partial charge in [-0.2, -0.15) is 0 Å². The maximum Gasteiger partial charge on any atom is 0.00277 e. The largest absolute Gasteiger partial charge is 0.394 e. The summed E-state index contributed by atoms with van der Waals surface area (Å²) in [5.41, 5.74) is 2.13. The molecule has 0 aromatic rings. The van der Waals surface area contributed by atoms with Crippen molar-refractivity contribution in [3.8, 4) is 0 Å². The molecule has 0 spiro atoms. The molecule has 11 heavy (non-hydrogen) atoms. The first-order valence-corrected chi connectivity index (χ1v) is 3.54. The van der Waals surface area contributed by atoms with Crippen LogP contribution in [0.5, 0.6) is 0 Å². The van der Waals surface area contributed by atoms with E-state index in [0.717, 1.165) is 11.1 Å². The standard InChI is InChI=1S/C10H15N/c1-5-6-10(9(2)3)7-8-11-4/h5-8,11H,1-2H2,3-4H3/b8-7-,10-6+. The molecule has 60 valence electrons. The molecular weight excluding hydrogens is 134 g/mol. The van der Waals surface area contributed by atoms with Gasteiger partial charge in [0.15, 0.2) is 0 Å². The lowest BCUT2D eigenvalue weighted by Crippen LogP contribution is -1.92. The maximum absolute atomic E-state index is 3.83. The summed E-state index contributed by atoms with van der Waals surface area (Å²) in [4.78, 5) is 0. The van der Waals surface area contributed by atoms with Gasteiger partial charge >= 0.3 is 0 Å². The van der Waals surface area contributed by atoms with Gasteiger partial charge in [0, 0.05) is 7.05 Å². The molecule has 0 amide bonds. The van der Waals surface area contributed by atoms with Crippen molar-refractivity contribution < 1.29 is 0 Å². The Morgan fingerprint density at radius 3 is 2.45 bits per heavy atom. The van der Waals surface area contributed by atoms with Crippen LogP contribution in [0, 0.1) is 0 Å². The summed E-state index contributed by atoms with van der Waals surface area (Å²) in [6, 6.07) is 0. The Morgan fingerprint density at radius 1 is 1.45 bits per heavy atom. The van der Waals surface area contributed by atoms with Gasteiger partial charge in [-0.3, -0.25) is 0 Å². The smallest absolute Gasteiger partial charge is 0.00277 e. The van der Waals surface area contributed by atoms with Crippen LogP contribution in [0.25, 0.3) is 0 Å². The zero-order chi connectivity index (χ0) is 8.69. The minimum absolute atomic E-state index is 1.04. The van der Waals surface area contributed by atoms with Crippen LogP contribution in [0.1, 0.15) is 6.92 Å². The summed E-state index contributed by atoms with van der Waals surface area (Å²) in [6.45, 7) is 9.42. The molecule has 0 atom stereocenters. The molecule has 0 saturated carbocycles. The van der Waals surface area contributed by atoms with Crippen LogP contribution < -0.4 is 5.32 Å². The number of nitrogens with one attached hydrogen (secondary N) is 1. The summed E-state index contributed by atoms with van der Waals surface area (Å²) in [7, 11) is 1.86. The number of hydrogen-bond acceptors (Lipinski definition) is 1. The van der Waals surface area contributed by atoms with Crippen LogP contribution in [-0.4, -0.2) is 7.05 Å². The van der Waals surface area contributed by atoms with E-state index in [0.29, 0.717) is 0 Å². The molecule has 0 aromatic carbocycles. The molecule has 0 bridgehead atoms. The molecular formula is C10H15N. The topological polar surface area (TPSA) is 12.0 Å². The van der Waals surface area contributed by atoms with Crippen molar-refractivity contribution in [1.82, 2.24) is 5.32 Å². The van der Waals surface area contributed by atoms with E-state index in [9.17, 15) is 0 Å². The van der Waals surface area contributed by atoms with Crippen LogP contribution in [0.3, 0.4) is 0 Å². The number of hydrogen-bond donors (Lipinski definition) is 1. The Labute approximate surface area is 68.8 Å². The quantitative estimate of drug-likeness (QED) is 0.605. The molecule has 0 fully saturated rings. The van der Waals surface area contributed by atoms with Gasteiger partial charge in [-0.25, -0.2) is 0 Å². The first-order valence-electron chi connectivity index (χ1n) is 3.54. The third-order valence-electron chi connectivity index (χ3n) is 1.22. The first kappa shape index (κ1) is 9.76. The van der Waals surface area contributed by atoms with E-state index in [2.05, 4.69) is 18.5 Å². The number of rotatable bonds is 4. The highest BCUT2D eigenvalue weighted by Crippen LogP contribution is 2.07. The van der Waals surface area contributed by atoms with Gasteiger partial charge in [0.25, 0.3) is 0 Å². The zero-order valence-corrected chi connectivity index (χ0v) is 7.22. The van der Waals surface area contributed by atoms with Crippen molar-refractivity contribution >= 4 is 0 Å². The Bertz CT molecular complexity index is 197. The van der Waals surface area contributed by atoms with Crippen molar-refractivity contribution in [2.75, 3.05) is 7.05 Å². The van der Waals surface area contributed by atoms with Crippen molar-refractivity contribution in [2.45, 2.75) is 6.92 Å². The third-order valence-corrected chi connectivity index (χ3v) is 1.22. The minimum Gasteiger partial charge on any atom is -0.394 e. The second-order valence-corrected chi connectivity index (χ2v) is 2.26. The predicted octanol–water partition coefficient (Wildman–Crippen LogP) is 2.41. The van der Waals surface area contributed by atoms with Crippen LogP contribution in [0.2, 0.25) is 0 Å². The fourth-order valence-electron chi connectivity index (χ4n) is 0.640. The van der Waals surface area contributed by atoms with E-state index in [4.69, 9.17) is 0 Å². The SMILES string of the molecule is C=C/C=C(\C=C/NC)C(=C)C. The fraction of sp³-hybridized carbons (Fsp3) is 0.200. The van der Waals surface area contributed by atoms with Gasteiger partial charge < -0.3 is 5.32 Å². The van der Waals surface area contributed by atoms with E-state index < -0.39 is 0 Å². The molecule has 0 aromatic heterocycles. The molecule has 0 aliphatic rings. The van der Waals surface area contributed by atoms with Crippen molar-refractivity contribution in [3.63, 3.8) is 0 Å². The highest BCUT2D eigenvalue weighted by molar-refractivity contribution is 5.38. The molecule has 1 heteroatoms. The van der Waals surface area contributed by atoms with Gasteiger partial charge in [-0.05, 0) is 24.8 Å². The van der Waals surface area contributed by atoms with Gasteiger partial charge in [0.1, 0.15) is 0 Å². The summed E-state index contributed by atoms with van der Waals surface area (Å²) in [5.74, 6) is 0. The summed E-state index contributed by atoms with van der Waals surface area (Å²) in [5, 5.41) is 2.91. The van der Waals surface area contributed by atoms with Gasteiger partial charge in [0.2, 0.25) is 0 Å². The lowest BCUT2D eigenvalue weighted by atomic mass is 10.1. The van der Waals surface area contributed by atoms with Crippen molar-refractivity contribution in [2.24, 2.45) is 0 Å². The maximum atomic E-state index is 3.83. The zero-order valence-electron chi connectivity index (χ0n) is 7.22. The average molecular weight is 149 g/mol. The Kier molecular flexibility index (Phi) is 4.91. The van der Waals surface area contributed by atoms with Gasteiger partial charge in [-0.15, -0.1) is 0 Å². The van der Waals surface area contributed by atoms with Crippen molar-refractivity contribution in [1.29, 1.82) is 0 Å². The van der Waals surface area contributed by atoms with Gasteiger partial charge in [-0.1, -0.05) is 30.9 Å². The molecule has 1 nitrogen and oxygen atoms in total. The predicted molar refractivity (Wildman–Crippen MR) is 51.3 cm³/mol. The molecule has 0 aliphatic heterocycles. The van der Waals surface area contributed by atoms with Crippen LogP contribution in [0.15, 0.2) is 48.7 Å². The van der Waals surface area contributed by atoms with Gasteiger partial charge in [0.05, 0.1) is 0 Å². The molecule has 0 saturated heterocycles. The lowest BCUT2D eigenvalue weighted by Gasteiger charge is -1.97. The molecule has 0 aliphatic carbocycles. The molecule has 0 unspecified atom stereocenters. The van der Waals surface area contributed by atoms with E-state index in [1.807, 2.05) is 32.3 Å². The van der Waals surface area contributed by atoms with Crippen LogP contribution in [-0.2, 0) is 0 Å². The fourth-order valence-corrected chi connectivity index (χ4v) is 0.640. The second kappa shape index (κ2) is 5.54. The summed E-state index contributed by atoms with van der Waals surface area (Å²) in [6.07, 6.45) is 7.51. The highest BCUT2D eigenvalue weighted by atomic mass is 14.8. The molecule has 0 radical (unpaired) electrons. The van der Waals surface area contributed by atoms with E-state index in [1.165, 1.54) is 0 Å². The Balaban J connectivity index is 4.35. The summed E-state index contributed by atoms with van der Waals surface area (Å²) < 4.78 is 0. The average Bonchev–Trinajstić information content (AvgIpc) is 1.97. The molecule has 0 rings (SSSR count). The highest BCUT2D eigenvalue weighted by Gasteiger charge is 1.88. The monoisotopic (exact) mass is 149 g/mol. The third kappa shape index (κ3) is 4.20. The van der Waals surface area contributed by atoms with E-state index >= 15 is 0 Å². The molecule has 0 heterocycles. The van der Waals surface area contributed by atoms with E-state index in [1.54, 1.807) is 6.08 Å². The van der Waals surface area contributed by atoms with Crippen LogP contribution in [0.4, 0.5) is 0 Å². The van der Waals surface area contributed by atoms with Crippen LogP contribution >= 0.6 is 0 Å².